The van der Waals surface area contributed by atoms with Crippen LogP contribution in [-0.4, -0.2) is 28.5 Å². The predicted molar refractivity (Wildman–Crippen MR) is 146 cm³/mol. The van der Waals surface area contributed by atoms with Crippen molar-refractivity contribution in [1.82, 2.24) is 0 Å². The lowest BCUT2D eigenvalue weighted by atomic mass is 10.1. The number of alkyl halides is 4. The lowest BCUT2D eigenvalue weighted by molar-refractivity contribution is -0.126. The summed E-state index contributed by atoms with van der Waals surface area (Å²) >= 11 is 30.7. The van der Waals surface area contributed by atoms with Crippen molar-refractivity contribution in [3.8, 4) is 0 Å². The second-order valence-corrected chi connectivity index (χ2v) is 11.3. The monoisotopic (exact) mass is 673 g/mol. The number of hydrogen-bond donors (Lipinski definition) is 3. The molecule has 2 atom stereocenters. The van der Waals surface area contributed by atoms with Crippen LogP contribution in [-0.2, 0) is 9.59 Å². The predicted octanol–water partition coefficient (Wildman–Crippen LogP) is 8.05. The Morgan fingerprint density at radius 3 is 1.95 bits per heavy atom. The van der Waals surface area contributed by atoms with Gasteiger partial charge in [0.25, 0.3) is 11.8 Å². The van der Waals surface area contributed by atoms with Crippen LogP contribution in [0.5, 0.6) is 0 Å². The standard InChI is InChI=1S/C25H13Cl5F5N3O3/c26-11-3-8(4-12(27)20(11)28)18-19(25(18,29)30)23(40)36-9-1-2-13(31)10(5-9)22(39)37-16-7-17(15(33)6-14(16)32)38-24(41)21(34)35/h1-7,18-19,21H,(H,36,40)(H,37,39)(H,38,41)/t18-,19?/m0/s1. The van der Waals surface area contributed by atoms with Crippen molar-refractivity contribution in [2.75, 3.05) is 16.0 Å². The highest BCUT2D eigenvalue weighted by Crippen LogP contribution is 2.65. The highest BCUT2D eigenvalue weighted by Gasteiger charge is 2.67. The maximum absolute atomic E-state index is 14.5. The quantitative estimate of drug-likeness (QED) is 0.135. The molecule has 3 amide bonds. The summed E-state index contributed by atoms with van der Waals surface area (Å²) in [5, 5.41) is 6.27. The van der Waals surface area contributed by atoms with Gasteiger partial charge >= 0.3 is 6.43 Å². The lowest BCUT2D eigenvalue weighted by Gasteiger charge is -2.12. The van der Waals surface area contributed by atoms with Gasteiger partial charge < -0.3 is 16.0 Å². The van der Waals surface area contributed by atoms with Gasteiger partial charge in [0.1, 0.15) is 21.8 Å². The normalized spacial score (nSPS) is 17.2. The van der Waals surface area contributed by atoms with Gasteiger partial charge in [0.2, 0.25) is 5.91 Å². The summed E-state index contributed by atoms with van der Waals surface area (Å²) < 4.78 is 66.1. The van der Waals surface area contributed by atoms with Crippen LogP contribution in [0.3, 0.4) is 0 Å². The highest BCUT2D eigenvalue weighted by atomic mass is 35.5. The number of carbonyl (C=O) groups excluding carboxylic acids is 3. The average molecular weight is 676 g/mol. The molecule has 0 aromatic heterocycles. The second-order valence-electron chi connectivity index (χ2n) is 8.67. The van der Waals surface area contributed by atoms with Crippen LogP contribution in [0.15, 0.2) is 42.5 Å². The molecule has 1 fully saturated rings. The first-order valence-corrected chi connectivity index (χ1v) is 13.0. The van der Waals surface area contributed by atoms with Crippen molar-refractivity contribution in [3.63, 3.8) is 0 Å². The largest absolute Gasteiger partial charge is 0.326 e. The zero-order valence-corrected chi connectivity index (χ0v) is 23.6. The molecule has 216 valence electrons. The topological polar surface area (TPSA) is 87.3 Å². The van der Waals surface area contributed by atoms with E-state index in [4.69, 9.17) is 58.0 Å². The molecule has 0 saturated heterocycles. The SMILES string of the molecule is O=C(Nc1cc(NC(=O)C(F)F)c(F)cc1F)c1cc(NC(=O)C2[C@H](c3cc(Cl)c(Cl)c(Cl)c3)C2(Cl)Cl)ccc1F. The number of amides is 3. The smallest absolute Gasteiger partial charge is 0.315 e. The van der Waals surface area contributed by atoms with Crippen molar-refractivity contribution in [2.45, 2.75) is 16.7 Å². The Labute approximate surface area is 253 Å². The first-order valence-electron chi connectivity index (χ1n) is 11.1. The summed E-state index contributed by atoms with van der Waals surface area (Å²) in [4.78, 5) is 36.9. The molecule has 1 aliphatic rings. The molecule has 3 aromatic carbocycles. The van der Waals surface area contributed by atoms with Crippen LogP contribution in [0.4, 0.5) is 39.0 Å². The Kier molecular flexibility index (Phi) is 8.96. The van der Waals surface area contributed by atoms with Gasteiger partial charge in [-0.1, -0.05) is 34.8 Å². The third-order valence-corrected chi connectivity index (χ3v) is 8.08. The fourth-order valence-electron chi connectivity index (χ4n) is 3.94. The first kappa shape index (κ1) is 31.1. The molecule has 4 rings (SSSR count). The summed E-state index contributed by atoms with van der Waals surface area (Å²) in [6.45, 7) is 0. The van der Waals surface area contributed by atoms with E-state index < -0.39 is 74.7 Å². The van der Waals surface area contributed by atoms with E-state index in [1.165, 1.54) is 17.4 Å². The summed E-state index contributed by atoms with van der Waals surface area (Å²) in [5.74, 6) is -9.44. The van der Waals surface area contributed by atoms with E-state index in [0.29, 0.717) is 11.6 Å². The first-order chi connectivity index (χ1) is 19.1. The summed E-state index contributed by atoms with van der Waals surface area (Å²) in [7, 11) is 0. The van der Waals surface area contributed by atoms with E-state index in [9.17, 15) is 36.3 Å². The maximum Gasteiger partial charge on any atom is 0.315 e. The number of benzene rings is 3. The number of anilines is 3. The Morgan fingerprint density at radius 1 is 0.780 bits per heavy atom. The minimum Gasteiger partial charge on any atom is -0.326 e. The van der Waals surface area contributed by atoms with E-state index in [1.807, 2.05) is 5.32 Å². The van der Waals surface area contributed by atoms with Crippen LogP contribution in [0, 0.1) is 23.4 Å². The molecule has 3 aromatic rings. The molecule has 0 aliphatic heterocycles. The average Bonchev–Trinajstić information content (AvgIpc) is 3.47. The summed E-state index contributed by atoms with van der Waals surface area (Å²) in [6, 6.07) is 6.53. The third kappa shape index (κ3) is 6.49. The van der Waals surface area contributed by atoms with E-state index >= 15 is 0 Å². The Morgan fingerprint density at radius 2 is 1.37 bits per heavy atom. The van der Waals surface area contributed by atoms with Crippen LogP contribution in [0.25, 0.3) is 0 Å². The van der Waals surface area contributed by atoms with Gasteiger partial charge in [-0.25, -0.2) is 13.2 Å². The number of carbonyl (C=O) groups is 3. The van der Waals surface area contributed by atoms with E-state index in [1.54, 1.807) is 0 Å². The van der Waals surface area contributed by atoms with Gasteiger partial charge in [-0.3, -0.25) is 14.4 Å². The number of rotatable bonds is 7. The van der Waals surface area contributed by atoms with Gasteiger partial charge in [0, 0.05) is 17.7 Å². The van der Waals surface area contributed by atoms with Crippen LogP contribution in [0.2, 0.25) is 15.1 Å². The van der Waals surface area contributed by atoms with E-state index in [0.717, 1.165) is 18.2 Å². The molecule has 0 spiro atoms. The van der Waals surface area contributed by atoms with E-state index in [2.05, 4.69) is 5.32 Å². The molecule has 0 bridgehead atoms. The van der Waals surface area contributed by atoms with Gasteiger partial charge in [-0.05, 0) is 42.0 Å². The van der Waals surface area contributed by atoms with Gasteiger partial charge in [-0.2, -0.15) is 8.78 Å². The van der Waals surface area contributed by atoms with Crippen molar-refractivity contribution >= 4 is 92.8 Å². The molecule has 1 aliphatic carbocycles. The van der Waals surface area contributed by atoms with Crippen molar-refractivity contribution in [1.29, 1.82) is 0 Å². The Bertz CT molecular complexity index is 1570. The number of halogens is 10. The zero-order chi connectivity index (χ0) is 30.4. The molecule has 16 heteroatoms. The van der Waals surface area contributed by atoms with Crippen molar-refractivity contribution < 1.29 is 36.3 Å². The molecule has 1 unspecified atom stereocenters. The van der Waals surface area contributed by atoms with Crippen LogP contribution in [0.1, 0.15) is 21.8 Å². The van der Waals surface area contributed by atoms with Crippen molar-refractivity contribution in [2.24, 2.45) is 5.92 Å². The molecule has 6 nitrogen and oxygen atoms in total. The summed E-state index contributed by atoms with van der Waals surface area (Å²) in [6.07, 6.45) is -3.50. The third-order valence-electron chi connectivity index (χ3n) is 5.94. The zero-order valence-electron chi connectivity index (χ0n) is 19.8. The van der Waals surface area contributed by atoms with E-state index in [-0.39, 0.29) is 26.8 Å². The van der Waals surface area contributed by atoms with Gasteiger partial charge in [0.15, 0.2) is 0 Å². The lowest BCUT2D eigenvalue weighted by Crippen LogP contribution is -2.21. The Balaban J connectivity index is 1.52. The minimum atomic E-state index is -3.50. The second kappa shape index (κ2) is 11.8. The van der Waals surface area contributed by atoms with Gasteiger partial charge in [0.05, 0.1) is 37.9 Å². The molecule has 3 N–H and O–H groups in total. The van der Waals surface area contributed by atoms with Crippen LogP contribution >= 0.6 is 58.0 Å². The van der Waals surface area contributed by atoms with Gasteiger partial charge in [-0.15, -0.1) is 23.2 Å². The fourth-order valence-corrected chi connectivity index (χ4v) is 5.38. The molecular formula is C25H13Cl5F5N3O3. The minimum absolute atomic E-state index is 0.0760. The number of hydrogen-bond acceptors (Lipinski definition) is 3. The Hall–Kier alpha value is -2.83. The summed E-state index contributed by atoms with van der Waals surface area (Å²) in [5.41, 5.74) is -1.95. The molecule has 1 saturated carbocycles. The molecular weight excluding hydrogens is 663 g/mol. The number of nitrogens with one attached hydrogen (secondary N) is 3. The molecule has 0 heterocycles. The maximum atomic E-state index is 14.5. The van der Waals surface area contributed by atoms with Crippen molar-refractivity contribution in [3.05, 3.63) is 86.1 Å². The highest BCUT2D eigenvalue weighted by molar-refractivity contribution is 6.54. The van der Waals surface area contributed by atoms with Crippen LogP contribution < -0.4 is 16.0 Å². The molecule has 0 radical (unpaired) electrons. The molecule has 41 heavy (non-hydrogen) atoms. The fraction of sp³-hybridized carbons (Fsp3) is 0.160.